The zero-order chi connectivity index (χ0) is 14.7. The number of likely N-dealkylation sites (N-methyl/N-ethyl adjacent to an activating group) is 1. The van der Waals surface area contributed by atoms with E-state index in [-0.39, 0.29) is 11.9 Å². The number of benzene rings is 1. The van der Waals surface area contributed by atoms with Crippen LogP contribution in [0.2, 0.25) is 0 Å². The van der Waals surface area contributed by atoms with Gasteiger partial charge in [-0.2, -0.15) is 0 Å². The first-order valence-corrected chi connectivity index (χ1v) is 7.48. The Bertz CT molecular complexity index is 453. The third-order valence-electron chi connectivity index (χ3n) is 4.16. The normalized spacial score (nSPS) is 17.4. The quantitative estimate of drug-likeness (QED) is 0.899. The number of anilines is 1. The lowest BCUT2D eigenvalue weighted by Gasteiger charge is -2.27. The maximum absolute atomic E-state index is 13.7. The van der Waals surface area contributed by atoms with Gasteiger partial charge in [-0.1, -0.05) is 0 Å². The van der Waals surface area contributed by atoms with Crippen molar-refractivity contribution in [3.8, 4) is 0 Å². The van der Waals surface area contributed by atoms with E-state index in [2.05, 4.69) is 16.8 Å². The molecule has 0 aliphatic carbocycles. The van der Waals surface area contributed by atoms with Crippen LogP contribution in [-0.4, -0.2) is 38.1 Å². The highest BCUT2D eigenvalue weighted by molar-refractivity contribution is 5.56. The predicted octanol–water partition coefficient (Wildman–Crippen LogP) is 2.69. The Morgan fingerprint density at radius 1 is 1.35 bits per heavy atom. The average Bonchev–Trinajstić information content (AvgIpc) is 2.91. The van der Waals surface area contributed by atoms with Crippen molar-refractivity contribution in [2.75, 3.05) is 38.1 Å². The Morgan fingerprint density at radius 2 is 2.00 bits per heavy atom. The molecule has 4 heteroatoms. The van der Waals surface area contributed by atoms with Crippen molar-refractivity contribution in [3.05, 3.63) is 29.1 Å². The van der Waals surface area contributed by atoms with E-state index in [1.807, 2.05) is 13.0 Å². The minimum absolute atomic E-state index is 0.158. The van der Waals surface area contributed by atoms with Crippen LogP contribution >= 0.6 is 0 Å². The molecule has 0 saturated carbocycles. The van der Waals surface area contributed by atoms with Gasteiger partial charge in [-0.05, 0) is 63.0 Å². The molecule has 1 heterocycles. The van der Waals surface area contributed by atoms with E-state index in [0.29, 0.717) is 5.56 Å². The van der Waals surface area contributed by atoms with Gasteiger partial charge in [0.05, 0.1) is 0 Å². The lowest BCUT2D eigenvalue weighted by molar-refractivity contribution is 0.346. The lowest BCUT2D eigenvalue weighted by Crippen LogP contribution is -2.32. The molecular weight excluding hydrogens is 253 g/mol. The van der Waals surface area contributed by atoms with E-state index >= 15 is 0 Å². The Hall–Kier alpha value is -1.13. The maximum Gasteiger partial charge on any atom is 0.126 e. The van der Waals surface area contributed by atoms with Crippen LogP contribution < -0.4 is 10.6 Å². The molecule has 1 aliphatic rings. The molecule has 2 N–H and O–H groups in total. The molecule has 3 nitrogen and oxygen atoms in total. The third kappa shape index (κ3) is 3.49. The SMILES string of the molecule is Cc1cc(N(C)CCN2CCCC2)c([C@H](C)N)cc1F. The molecule has 1 aromatic rings. The molecule has 1 atom stereocenters. The number of likely N-dealkylation sites (tertiary alicyclic amines) is 1. The van der Waals surface area contributed by atoms with Crippen LogP contribution in [0.1, 0.15) is 36.9 Å². The summed E-state index contributed by atoms with van der Waals surface area (Å²) in [6, 6.07) is 3.34. The van der Waals surface area contributed by atoms with Crippen LogP contribution in [0.3, 0.4) is 0 Å². The fourth-order valence-corrected chi connectivity index (χ4v) is 2.80. The molecule has 1 aliphatic heterocycles. The summed E-state index contributed by atoms with van der Waals surface area (Å²) in [6.45, 7) is 8.13. The highest BCUT2D eigenvalue weighted by Crippen LogP contribution is 2.27. The van der Waals surface area contributed by atoms with Crippen molar-refractivity contribution in [1.82, 2.24) is 4.90 Å². The first-order chi connectivity index (χ1) is 9.49. The van der Waals surface area contributed by atoms with Crippen molar-refractivity contribution < 1.29 is 4.39 Å². The summed E-state index contributed by atoms with van der Waals surface area (Å²) in [5.41, 5.74) is 8.60. The fraction of sp³-hybridized carbons (Fsp3) is 0.625. The average molecular weight is 279 g/mol. The van der Waals surface area contributed by atoms with Crippen molar-refractivity contribution in [2.45, 2.75) is 32.7 Å². The molecular formula is C16H26FN3. The van der Waals surface area contributed by atoms with E-state index in [4.69, 9.17) is 5.73 Å². The number of halogens is 1. The van der Waals surface area contributed by atoms with Gasteiger partial charge in [0.1, 0.15) is 5.82 Å². The van der Waals surface area contributed by atoms with Crippen LogP contribution in [0.15, 0.2) is 12.1 Å². The van der Waals surface area contributed by atoms with Gasteiger partial charge in [-0.25, -0.2) is 4.39 Å². The van der Waals surface area contributed by atoms with Crippen LogP contribution in [0, 0.1) is 12.7 Å². The van der Waals surface area contributed by atoms with E-state index in [1.54, 1.807) is 13.0 Å². The van der Waals surface area contributed by atoms with Crippen molar-refractivity contribution in [3.63, 3.8) is 0 Å². The van der Waals surface area contributed by atoms with Gasteiger partial charge in [0.15, 0.2) is 0 Å². The summed E-state index contributed by atoms with van der Waals surface area (Å²) in [5.74, 6) is -0.172. The molecule has 1 saturated heterocycles. The van der Waals surface area contributed by atoms with Crippen LogP contribution in [0.25, 0.3) is 0 Å². The van der Waals surface area contributed by atoms with Crippen LogP contribution in [0.5, 0.6) is 0 Å². The molecule has 1 fully saturated rings. The zero-order valence-electron chi connectivity index (χ0n) is 12.8. The Labute approximate surface area is 121 Å². The maximum atomic E-state index is 13.7. The summed E-state index contributed by atoms with van der Waals surface area (Å²) < 4.78 is 13.7. The molecule has 0 amide bonds. The van der Waals surface area contributed by atoms with Gasteiger partial charge >= 0.3 is 0 Å². The summed E-state index contributed by atoms with van der Waals surface area (Å²) in [6.07, 6.45) is 2.62. The highest BCUT2D eigenvalue weighted by Gasteiger charge is 2.16. The minimum Gasteiger partial charge on any atom is -0.373 e. The molecule has 1 aromatic carbocycles. The van der Waals surface area contributed by atoms with E-state index in [9.17, 15) is 4.39 Å². The van der Waals surface area contributed by atoms with E-state index < -0.39 is 0 Å². The molecule has 112 valence electrons. The summed E-state index contributed by atoms with van der Waals surface area (Å²) in [5, 5.41) is 0. The first kappa shape index (κ1) is 15.3. The molecule has 2 rings (SSSR count). The van der Waals surface area contributed by atoms with Crippen molar-refractivity contribution >= 4 is 5.69 Å². The lowest BCUT2D eigenvalue weighted by atomic mass is 10.0. The smallest absolute Gasteiger partial charge is 0.126 e. The second-order valence-corrected chi connectivity index (χ2v) is 5.92. The van der Waals surface area contributed by atoms with Gasteiger partial charge in [0.25, 0.3) is 0 Å². The molecule has 0 aromatic heterocycles. The molecule has 0 radical (unpaired) electrons. The van der Waals surface area contributed by atoms with Gasteiger partial charge in [0, 0.05) is 31.9 Å². The predicted molar refractivity (Wildman–Crippen MR) is 82.7 cm³/mol. The molecule has 0 bridgehead atoms. The third-order valence-corrected chi connectivity index (χ3v) is 4.16. The van der Waals surface area contributed by atoms with Gasteiger partial charge in [-0.15, -0.1) is 0 Å². The fourth-order valence-electron chi connectivity index (χ4n) is 2.80. The second-order valence-electron chi connectivity index (χ2n) is 5.92. The van der Waals surface area contributed by atoms with Gasteiger partial charge in [-0.3, -0.25) is 0 Å². The molecule has 20 heavy (non-hydrogen) atoms. The first-order valence-electron chi connectivity index (χ1n) is 7.48. The Kier molecular flexibility index (Phi) is 5.00. The number of hydrogen-bond donors (Lipinski definition) is 1. The number of hydrogen-bond acceptors (Lipinski definition) is 3. The Morgan fingerprint density at radius 3 is 2.60 bits per heavy atom. The second kappa shape index (κ2) is 6.55. The summed E-state index contributed by atoms with van der Waals surface area (Å²) in [4.78, 5) is 4.68. The highest BCUT2D eigenvalue weighted by atomic mass is 19.1. The van der Waals surface area contributed by atoms with Crippen molar-refractivity contribution in [1.29, 1.82) is 0 Å². The monoisotopic (exact) mass is 279 g/mol. The molecule has 0 unspecified atom stereocenters. The number of aryl methyl sites for hydroxylation is 1. The van der Waals surface area contributed by atoms with Gasteiger partial charge < -0.3 is 15.5 Å². The minimum atomic E-state index is -0.172. The van der Waals surface area contributed by atoms with E-state index in [1.165, 1.54) is 25.9 Å². The topological polar surface area (TPSA) is 32.5 Å². The zero-order valence-corrected chi connectivity index (χ0v) is 12.8. The largest absolute Gasteiger partial charge is 0.373 e. The van der Waals surface area contributed by atoms with Crippen LogP contribution in [0.4, 0.5) is 10.1 Å². The standard InChI is InChI=1S/C16H26FN3/c1-12-10-16(14(13(2)18)11-15(12)17)19(3)8-9-20-6-4-5-7-20/h10-11,13H,4-9,18H2,1-3H3/t13-/m0/s1. The number of rotatable bonds is 5. The van der Waals surface area contributed by atoms with Crippen LogP contribution in [-0.2, 0) is 0 Å². The number of nitrogens with two attached hydrogens (primary N) is 1. The molecule has 0 spiro atoms. The summed E-state index contributed by atoms with van der Waals surface area (Å²) in [7, 11) is 2.06. The van der Waals surface area contributed by atoms with Gasteiger partial charge in [0.2, 0.25) is 0 Å². The number of nitrogens with zero attached hydrogens (tertiary/aromatic N) is 2. The van der Waals surface area contributed by atoms with E-state index in [0.717, 1.165) is 24.3 Å². The summed E-state index contributed by atoms with van der Waals surface area (Å²) >= 11 is 0. The van der Waals surface area contributed by atoms with Crippen molar-refractivity contribution in [2.24, 2.45) is 5.73 Å². The Balaban J connectivity index is 2.10.